The lowest BCUT2D eigenvalue weighted by molar-refractivity contribution is -0.138. The van der Waals surface area contributed by atoms with Crippen molar-refractivity contribution in [2.24, 2.45) is 5.41 Å². The van der Waals surface area contributed by atoms with E-state index in [2.05, 4.69) is 28.4 Å². The van der Waals surface area contributed by atoms with Crippen LogP contribution in [0.2, 0.25) is 0 Å². The summed E-state index contributed by atoms with van der Waals surface area (Å²) in [5.41, 5.74) is 9.66. The molecule has 238 valence electrons. The number of carbonyl (C=O) groups is 1. The molecule has 2 N–H and O–H groups in total. The third kappa shape index (κ3) is 8.24. The molecule has 2 aliphatic rings. The highest BCUT2D eigenvalue weighted by Crippen LogP contribution is 2.37. The summed E-state index contributed by atoms with van der Waals surface area (Å²) in [6.07, 6.45) is -0.692. The molecule has 12 heteroatoms. The predicted octanol–water partition coefficient (Wildman–Crippen LogP) is 5.16. The number of imidazole rings is 1. The lowest BCUT2D eigenvalue weighted by Crippen LogP contribution is -2.37. The van der Waals surface area contributed by atoms with Gasteiger partial charge in [0.05, 0.1) is 35.9 Å². The monoisotopic (exact) mass is 606 g/mol. The number of rotatable bonds is 7. The number of methoxy groups -OCH3 is 1. The molecule has 9 nitrogen and oxygen atoms in total. The van der Waals surface area contributed by atoms with Gasteiger partial charge in [-0.3, -0.25) is 4.90 Å². The summed E-state index contributed by atoms with van der Waals surface area (Å²) in [4.78, 5) is 17.4. The van der Waals surface area contributed by atoms with Gasteiger partial charge in [0.25, 0.3) is 0 Å². The molecule has 2 aromatic heterocycles. The highest BCUT2D eigenvalue weighted by molar-refractivity contribution is 5.69. The Kier molecular flexibility index (Phi) is 11.9. The molecule has 2 saturated heterocycles. The van der Waals surface area contributed by atoms with Crippen LogP contribution in [0.5, 0.6) is 0 Å². The Morgan fingerprint density at radius 3 is 2.47 bits per heavy atom. The maximum atomic E-state index is 13.7. The maximum Gasteiger partial charge on any atom is 0.416 e. The second-order valence-electron chi connectivity index (χ2n) is 11.5. The number of nitrogens with zero attached hydrogens (tertiary/aromatic N) is 5. The molecule has 0 bridgehead atoms. The number of likely N-dealkylation sites (tertiary alicyclic amines) is 1. The highest BCUT2D eigenvalue weighted by Gasteiger charge is 2.35. The summed E-state index contributed by atoms with van der Waals surface area (Å²) in [5, 5.41) is 4.91. The predicted molar refractivity (Wildman–Crippen MR) is 162 cm³/mol. The van der Waals surface area contributed by atoms with Crippen LogP contribution in [0.1, 0.15) is 61.2 Å². The van der Waals surface area contributed by atoms with Crippen molar-refractivity contribution in [1.29, 1.82) is 0 Å². The largest absolute Gasteiger partial charge is 0.416 e. The zero-order valence-electron chi connectivity index (χ0n) is 26.0. The number of fused-ring (bicyclic) bond motifs is 1. The first-order valence-corrected chi connectivity index (χ1v) is 14.6. The topological polar surface area (TPSA) is 98.2 Å². The molecule has 3 aromatic rings. The van der Waals surface area contributed by atoms with Crippen LogP contribution in [0.3, 0.4) is 0 Å². The number of morpholine rings is 1. The standard InChI is InChI=1S/C28H37F3N6O.C2H6O.CH2O/c1-4-8-27(3)9-10-35(18-27)17-23-24(15-20-6-5-7-21(19(20)2)28(29,30)31)37-26(33-23)22(32)16-25(34-37)36-11-13-38-14-12-36;1-3-2;1-2/h5-7,16H,4,8-15,17-18,32H2,1-3H3;1-2H3;1H2. The highest BCUT2D eigenvalue weighted by atomic mass is 19.4. The second kappa shape index (κ2) is 15.0. The normalized spacial score (nSPS) is 19.1. The van der Waals surface area contributed by atoms with E-state index in [1.165, 1.54) is 12.5 Å². The number of aromatic nitrogens is 3. The fraction of sp³-hybridized carbons (Fsp3) is 0.581. The van der Waals surface area contributed by atoms with Crippen molar-refractivity contribution in [3.05, 3.63) is 52.3 Å². The lowest BCUT2D eigenvalue weighted by atomic mass is 9.85. The van der Waals surface area contributed by atoms with E-state index < -0.39 is 11.7 Å². The van der Waals surface area contributed by atoms with Crippen molar-refractivity contribution >= 4 is 23.9 Å². The van der Waals surface area contributed by atoms with Gasteiger partial charge in [-0.25, -0.2) is 9.50 Å². The number of nitrogen functional groups attached to an aromatic ring is 1. The first kappa shape index (κ1) is 34.3. The Bertz CT molecular complexity index is 1340. The van der Waals surface area contributed by atoms with Gasteiger partial charge >= 0.3 is 6.18 Å². The van der Waals surface area contributed by atoms with Gasteiger partial charge < -0.3 is 24.9 Å². The van der Waals surface area contributed by atoms with Gasteiger partial charge in [0.15, 0.2) is 11.5 Å². The fourth-order valence-electron chi connectivity index (χ4n) is 6.01. The van der Waals surface area contributed by atoms with E-state index in [9.17, 15) is 13.2 Å². The van der Waals surface area contributed by atoms with E-state index in [0.29, 0.717) is 49.7 Å². The number of anilines is 2. The van der Waals surface area contributed by atoms with Crippen molar-refractivity contribution in [2.75, 3.05) is 64.2 Å². The van der Waals surface area contributed by atoms with E-state index >= 15 is 0 Å². The molecule has 1 unspecified atom stereocenters. The molecule has 0 saturated carbocycles. The number of benzene rings is 1. The minimum Gasteiger partial charge on any atom is -0.396 e. The van der Waals surface area contributed by atoms with Crippen molar-refractivity contribution in [1.82, 2.24) is 19.5 Å². The average molecular weight is 607 g/mol. The van der Waals surface area contributed by atoms with Crippen LogP contribution in [-0.2, 0) is 33.4 Å². The summed E-state index contributed by atoms with van der Waals surface area (Å²) >= 11 is 0. The van der Waals surface area contributed by atoms with Crippen LogP contribution < -0.4 is 10.6 Å². The van der Waals surface area contributed by atoms with E-state index in [-0.39, 0.29) is 17.4 Å². The molecular weight excluding hydrogens is 561 g/mol. The average Bonchev–Trinajstić information content (AvgIpc) is 3.51. The van der Waals surface area contributed by atoms with Crippen molar-refractivity contribution in [3.8, 4) is 0 Å². The molecule has 0 spiro atoms. The SMILES string of the molecule is C=O.CCCC1(C)CCN(Cc2nc3c(N)cc(N4CCOCC4)nn3c2Cc2cccc(C(F)(F)F)c2C)C1.COC. The van der Waals surface area contributed by atoms with Gasteiger partial charge in [-0.15, -0.1) is 5.10 Å². The Morgan fingerprint density at radius 1 is 1.16 bits per heavy atom. The summed E-state index contributed by atoms with van der Waals surface area (Å²) < 4.78 is 52.6. The first-order valence-electron chi connectivity index (χ1n) is 14.6. The lowest BCUT2D eigenvalue weighted by Gasteiger charge is -2.28. The molecular formula is C31H45F3N6O3. The van der Waals surface area contributed by atoms with E-state index in [0.717, 1.165) is 49.2 Å². The summed E-state index contributed by atoms with van der Waals surface area (Å²) in [5.74, 6) is 0.723. The number of nitrogens with two attached hydrogens (primary N) is 1. The molecule has 2 aliphatic heterocycles. The van der Waals surface area contributed by atoms with Crippen LogP contribution in [-0.4, -0.2) is 79.9 Å². The Labute approximate surface area is 252 Å². The number of hydrogen-bond acceptors (Lipinski definition) is 8. The van der Waals surface area contributed by atoms with E-state index in [1.807, 2.05) is 12.9 Å². The van der Waals surface area contributed by atoms with Gasteiger partial charge in [-0.1, -0.05) is 32.4 Å². The van der Waals surface area contributed by atoms with Crippen LogP contribution >= 0.6 is 0 Å². The summed E-state index contributed by atoms with van der Waals surface area (Å²) in [6.45, 7) is 13.3. The minimum absolute atomic E-state index is 0.231. The molecule has 5 rings (SSSR count). The smallest absolute Gasteiger partial charge is 0.396 e. The molecule has 1 atom stereocenters. The molecule has 2 fully saturated rings. The van der Waals surface area contributed by atoms with E-state index in [1.54, 1.807) is 31.7 Å². The Morgan fingerprint density at radius 2 is 1.84 bits per heavy atom. The van der Waals surface area contributed by atoms with Gasteiger partial charge in [0.2, 0.25) is 0 Å². The van der Waals surface area contributed by atoms with Crippen molar-refractivity contribution in [3.63, 3.8) is 0 Å². The van der Waals surface area contributed by atoms with E-state index in [4.69, 9.17) is 25.3 Å². The molecule has 0 aliphatic carbocycles. The molecule has 4 heterocycles. The molecule has 0 radical (unpaired) electrons. The molecule has 0 amide bonds. The van der Waals surface area contributed by atoms with Crippen LogP contribution in [0.25, 0.3) is 5.65 Å². The summed E-state index contributed by atoms with van der Waals surface area (Å²) in [7, 11) is 3.25. The number of alkyl halides is 3. The van der Waals surface area contributed by atoms with Crippen LogP contribution in [0.15, 0.2) is 24.3 Å². The maximum absolute atomic E-state index is 13.7. The van der Waals surface area contributed by atoms with Gasteiger partial charge in [-0.2, -0.15) is 13.2 Å². The van der Waals surface area contributed by atoms with Gasteiger partial charge in [0.1, 0.15) is 6.79 Å². The number of halogens is 3. The van der Waals surface area contributed by atoms with Gasteiger partial charge in [-0.05, 0) is 48.9 Å². The van der Waals surface area contributed by atoms with Crippen LogP contribution in [0.4, 0.5) is 24.7 Å². The molecule has 43 heavy (non-hydrogen) atoms. The third-order valence-electron chi connectivity index (χ3n) is 8.08. The molecule has 1 aromatic carbocycles. The Hall–Kier alpha value is -3.22. The zero-order valence-corrected chi connectivity index (χ0v) is 26.0. The minimum atomic E-state index is -4.41. The van der Waals surface area contributed by atoms with Crippen molar-refractivity contribution in [2.45, 2.75) is 59.2 Å². The first-order chi connectivity index (χ1) is 20.5. The third-order valence-corrected chi connectivity index (χ3v) is 8.08. The Balaban J connectivity index is 0.000000953. The second-order valence-corrected chi connectivity index (χ2v) is 11.5. The van der Waals surface area contributed by atoms with Crippen LogP contribution in [0, 0.1) is 12.3 Å². The number of ether oxygens (including phenoxy) is 2. The zero-order chi connectivity index (χ0) is 31.8. The van der Waals surface area contributed by atoms with Gasteiger partial charge in [0, 0.05) is 52.9 Å². The van der Waals surface area contributed by atoms with Crippen molar-refractivity contribution < 1.29 is 27.4 Å². The summed E-state index contributed by atoms with van der Waals surface area (Å²) in [6, 6.07) is 6.22. The quantitative estimate of drug-likeness (QED) is 0.394. The fourth-order valence-corrected chi connectivity index (χ4v) is 6.01. The number of hydrogen-bond donors (Lipinski definition) is 1. The number of carbonyl (C=O) groups excluding carboxylic acids is 1.